The van der Waals surface area contributed by atoms with Crippen molar-refractivity contribution in [2.45, 2.75) is 19.1 Å². The van der Waals surface area contributed by atoms with Crippen molar-refractivity contribution in [2.75, 3.05) is 13.2 Å². The molecule has 0 aliphatic carbocycles. The lowest BCUT2D eigenvalue weighted by atomic mass is 10.0. The Hall–Kier alpha value is -3.03. The Morgan fingerprint density at radius 2 is 1.74 bits per heavy atom. The van der Waals surface area contributed by atoms with Crippen LogP contribution < -0.4 is 15.4 Å². The first-order valence-corrected chi connectivity index (χ1v) is 8.17. The third-order valence-corrected chi connectivity index (χ3v) is 3.65. The molecule has 0 saturated heterocycles. The molecular formula is C19H19F3N2O3. The third-order valence-electron chi connectivity index (χ3n) is 3.65. The number of carbonyl (C=O) groups is 2. The molecule has 5 nitrogen and oxygen atoms in total. The maximum atomic E-state index is 12.8. The van der Waals surface area contributed by atoms with Gasteiger partial charge in [-0.3, -0.25) is 9.59 Å². The standard InChI is InChI=1S/C19H19F3N2O3/c1-13(14-6-5-7-15(10-14)19(20,21)22)24-17(25)11-23-18(26)12-27-16-8-3-2-4-9-16/h2-10,13H,11-12H2,1H3,(H,23,26)(H,24,25)/t13-/m1/s1. The number of amides is 2. The molecule has 0 bridgehead atoms. The van der Waals surface area contributed by atoms with E-state index in [1.165, 1.54) is 12.1 Å². The fraction of sp³-hybridized carbons (Fsp3) is 0.263. The summed E-state index contributed by atoms with van der Waals surface area (Å²) in [6, 6.07) is 12.8. The number of hydrogen-bond acceptors (Lipinski definition) is 3. The smallest absolute Gasteiger partial charge is 0.416 e. The van der Waals surface area contributed by atoms with Gasteiger partial charge in [0.2, 0.25) is 5.91 Å². The van der Waals surface area contributed by atoms with Gasteiger partial charge in [0.05, 0.1) is 18.2 Å². The van der Waals surface area contributed by atoms with Gasteiger partial charge < -0.3 is 15.4 Å². The van der Waals surface area contributed by atoms with Crippen molar-refractivity contribution in [3.05, 3.63) is 65.7 Å². The van der Waals surface area contributed by atoms with Gasteiger partial charge in [0.25, 0.3) is 5.91 Å². The Labute approximate surface area is 154 Å². The zero-order chi connectivity index (χ0) is 19.9. The third kappa shape index (κ3) is 6.65. The fourth-order valence-corrected chi connectivity index (χ4v) is 2.26. The molecule has 2 N–H and O–H groups in total. The summed E-state index contributed by atoms with van der Waals surface area (Å²) in [7, 11) is 0. The molecule has 2 aromatic carbocycles. The Morgan fingerprint density at radius 3 is 2.41 bits per heavy atom. The number of ether oxygens (including phenoxy) is 1. The average Bonchev–Trinajstić information content (AvgIpc) is 2.65. The summed E-state index contributed by atoms with van der Waals surface area (Å²) < 4.78 is 43.5. The molecule has 2 amide bonds. The number of para-hydroxylation sites is 1. The van der Waals surface area contributed by atoms with Gasteiger partial charge in [0.1, 0.15) is 5.75 Å². The Kier molecular flexibility index (Phi) is 6.81. The van der Waals surface area contributed by atoms with Crippen molar-refractivity contribution in [3.8, 4) is 5.75 Å². The molecular weight excluding hydrogens is 361 g/mol. The first kappa shape index (κ1) is 20.3. The van der Waals surface area contributed by atoms with Gasteiger partial charge in [-0.05, 0) is 36.8 Å². The van der Waals surface area contributed by atoms with Gasteiger partial charge >= 0.3 is 6.18 Å². The second-order valence-electron chi connectivity index (χ2n) is 5.79. The van der Waals surface area contributed by atoms with Crippen molar-refractivity contribution in [1.29, 1.82) is 0 Å². The van der Waals surface area contributed by atoms with E-state index in [9.17, 15) is 22.8 Å². The highest BCUT2D eigenvalue weighted by Crippen LogP contribution is 2.30. The highest BCUT2D eigenvalue weighted by atomic mass is 19.4. The van der Waals surface area contributed by atoms with E-state index in [1.807, 2.05) is 6.07 Å². The van der Waals surface area contributed by atoms with Crippen LogP contribution in [0.4, 0.5) is 13.2 Å². The molecule has 27 heavy (non-hydrogen) atoms. The summed E-state index contributed by atoms with van der Waals surface area (Å²) in [6.07, 6.45) is -4.45. The molecule has 2 aromatic rings. The number of nitrogens with one attached hydrogen (secondary N) is 2. The van der Waals surface area contributed by atoms with E-state index in [-0.39, 0.29) is 13.2 Å². The number of rotatable bonds is 7. The largest absolute Gasteiger partial charge is 0.484 e. The van der Waals surface area contributed by atoms with E-state index in [4.69, 9.17) is 4.74 Å². The lowest BCUT2D eigenvalue weighted by Gasteiger charge is -2.16. The van der Waals surface area contributed by atoms with Crippen LogP contribution in [0.3, 0.4) is 0 Å². The molecule has 144 valence electrons. The molecule has 0 spiro atoms. The van der Waals surface area contributed by atoms with Gasteiger partial charge in [-0.25, -0.2) is 0 Å². The number of halogens is 3. The summed E-state index contributed by atoms with van der Waals surface area (Å²) in [6.45, 7) is 1.01. The SMILES string of the molecule is C[C@@H](NC(=O)CNC(=O)COc1ccccc1)c1cccc(C(F)(F)F)c1. The maximum Gasteiger partial charge on any atom is 0.416 e. The summed E-state index contributed by atoms with van der Waals surface area (Å²) in [5.41, 5.74) is -0.468. The van der Waals surface area contributed by atoms with E-state index in [1.54, 1.807) is 31.2 Å². The first-order chi connectivity index (χ1) is 12.8. The molecule has 0 fully saturated rings. The van der Waals surface area contributed by atoms with Crippen LogP contribution in [0.1, 0.15) is 24.1 Å². The minimum absolute atomic E-state index is 0.250. The predicted octanol–water partition coefficient (Wildman–Crippen LogP) is 3.08. The first-order valence-electron chi connectivity index (χ1n) is 8.17. The van der Waals surface area contributed by atoms with Crippen LogP contribution in [0.25, 0.3) is 0 Å². The van der Waals surface area contributed by atoms with Crippen molar-refractivity contribution in [3.63, 3.8) is 0 Å². The molecule has 0 saturated carbocycles. The number of alkyl halides is 3. The van der Waals surface area contributed by atoms with Crippen molar-refractivity contribution >= 4 is 11.8 Å². The number of carbonyl (C=O) groups excluding carboxylic acids is 2. The fourth-order valence-electron chi connectivity index (χ4n) is 2.26. The van der Waals surface area contributed by atoms with Gasteiger partial charge in [-0.1, -0.05) is 30.3 Å². The quantitative estimate of drug-likeness (QED) is 0.776. The molecule has 0 heterocycles. The van der Waals surface area contributed by atoms with Crippen molar-refractivity contribution in [2.24, 2.45) is 0 Å². The summed E-state index contributed by atoms with van der Waals surface area (Å²) in [5.74, 6) is -0.482. The van der Waals surface area contributed by atoms with Gasteiger partial charge in [0, 0.05) is 0 Å². The molecule has 2 rings (SSSR count). The van der Waals surface area contributed by atoms with Gasteiger partial charge in [-0.15, -0.1) is 0 Å². The lowest BCUT2D eigenvalue weighted by Crippen LogP contribution is -2.39. The maximum absolute atomic E-state index is 12.8. The summed E-state index contributed by atoms with van der Waals surface area (Å²) in [5, 5.41) is 4.93. The predicted molar refractivity (Wildman–Crippen MR) is 92.9 cm³/mol. The van der Waals surface area contributed by atoms with Crippen LogP contribution >= 0.6 is 0 Å². The zero-order valence-corrected chi connectivity index (χ0v) is 14.5. The van der Waals surface area contributed by atoms with Gasteiger partial charge in [0.15, 0.2) is 6.61 Å². The molecule has 0 aliphatic rings. The van der Waals surface area contributed by atoms with Crippen LogP contribution in [0, 0.1) is 0 Å². The van der Waals surface area contributed by atoms with Crippen molar-refractivity contribution in [1.82, 2.24) is 10.6 Å². The molecule has 0 radical (unpaired) electrons. The average molecular weight is 380 g/mol. The summed E-state index contributed by atoms with van der Waals surface area (Å²) >= 11 is 0. The summed E-state index contributed by atoms with van der Waals surface area (Å²) in [4.78, 5) is 23.6. The monoisotopic (exact) mass is 380 g/mol. The van der Waals surface area contributed by atoms with E-state index in [2.05, 4.69) is 10.6 Å². The highest BCUT2D eigenvalue weighted by molar-refractivity contribution is 5.85. The molecule has 1 atom stereocenters. The zero-order valence-electron chi connectivity index (χ0n) is 14.5. The van der Waals surface area contributed by atoms with E-state index >= 15 is 0 Å². The second kappa shape index (κ2) is 9.07. The highest BCUT2D eigenvalue weighted by Gasteiger charge is 2.30. The van der Waals surface area contributed by atoms with Crippen LogP contribution in [0.5, 0.6) is 5.75 Å². The van der Waals surface area contributed by atoms with Crippen LogP contribution in [-0.2, 0) is 15.8 Å². The minimum Gasteiger partial charge on any atom is -0.484 e. The van der Waals surface area contributed by atoms with Crippen LogP contribution in [0.15, 0.2) is 54.6 Å². The number of hydrogen-bond donors (Lipinski definition) is 2. The van der Waals surface area contributed by atoms with Gasteiger partial charge in [-0.2, -0.15) is 13.2 Å². The molecule has 0 unspecified atom stereocenters. The Bertz CT molecular complexity index is 779. The van der Waals surface area contributed by atoms with E-state index < -0.39 is 29.6 Å². The Morgan fingerprint density at radius 1 is 1.04 bits per heavy atom. The Balaban J connectivity index is 1.79. The van der Waals surface area contributed by atoms with Crippen LogP contribution in [0.2, 0.25) is 0 Å². The van der Waals surface area contributed by atoms with Crippen molar-refractivity contribution < 1.29 is 27.5 Å². The number of benzene rings is 2. The topological polar surface area (TPSA) is 67.4 Å². The van der Waals surface area contributed by atoms with E-state index in [0.29, 0.717) is 11.3 Å². The lowest BCUT2D eigenvalue weighted by molar-refractivity contribution is -0.137. The van der Waals surface area contributed by atoms with E-state index in [0.717, 1.165) is 12.1 Å². The van der Waals surface area contributed by atoms with Crippen LogP contribution in [-0.4, -0.2) is 25.0 Å². The normalized spacial score (nSPS) is 12.1. The molecule has 0 aromatic heterocycles. The second-order valence-corrected chi connectivity index (χ2v) is 5.79. The molecule has 8 heteroatoms. The minimum atomic E-state index is -4.45. The molecule has 0 aliphatic heterocycles.